The summed E-state index contributed by atoms with van der Waals surface area (Å²) in [7, 11) is 0. The summed E-state index contributed by atoms with van der Waals surface area (Å²) >= 11 is 0. The van der Waals surface area contributed by atoms with Gasteiger partial charge >= 0.3 is 0 Å². The Hall–Kier alpha value is -1.37. The standard InChI is InChI=1S/C15H24.C8H15N.C4H8.C3H8.2C2H6/c1-5-8-13-10-11-14(9-6-2)15(7-3)12(13)4;1-7(9)8-5-3-2-4-6-8;1-4(2)3;1-3-2;2*1-2/h10-11H,5-9H2,1-4H3;8-9H,2-6H2,1H3;1H2,2-3H3;3H2,1-2H3;2*1-2H3. The van der Waals surface area contributed by atoms with Crippen LogP contribution in [0.5, 0.6) is 0 Å². The fourth-order valence-corrected chi connectivity index (χ4v) is 3.93. The van der Waals surface area contributed by atoms with Crippen molar-refractivity contribution < 1.29 is 0 Å². The summed E-state index contributed by atoms with van der Waals surface area (Å²) in [6.07, 6.45) is 14.0. The molecule has 35 heavy (non-hydrogen) atoms. The highest BCUT2D eigenvalue weighted by Gasteiger charge is 2.14. The van der Waals surface area contributed by atoms with Crippen LogP contribution in [0.15, 0.2) is 24.3 Å². The van der Waals surface area contributed by atoms with Crippen molar-refractivity contribution in [2.24, 2.45) is 5.92 Å². The lowest BCUT2D eigenvalue weighted by Crippen LogP contribution is -2.13. The van der Waals surface area contributed by atoms with Crippen LogP contribution in [0, 0.1) is 18.3 Å². The van der Waals surface area contributed by atoms with Gasteiger partial charge < -0.3 is 5.41 Å². The molecule has 1 aromatic carbocycles. The Morgan fingerprint density at radius 2 is 1.17 bits per heavy atom. The molecule has 1 saturated carbocycles. The summed E-state index contributed by atoms with van der Waals surface area (Å²) in [5.41, 5.74) is 8.33. The molecule has 2 rings (SSSR count). The van der Waals surface area contributed by atoms with Gasteiger partial charge in [-0.2, -0.15) is 0 Å². The number of aryl methyl sites for hydroxylation is 2. The molecule has 0 amide bonds. The number of nitrogens with one attached hydrogen (secondary N) is 1. The van der Waals surface area contributed by atoms with Crippen LogP contribution in [0.25, 0.3) is 0 Å². The van der Waals surface area contributed by atoms with E-state index in [-0.39, 0.29) is 0 Å². The Bertz CT molecular complexity index is 587. The highest BCUT2D eigenvalue weighted by Crippen LogP contribution is 2.24. The second kappa shape index (κ2) is 30.7. The molecule has 1 aliphatic rings. The van der Waals surface area contributed by atoms with Crippen LogP contribution >= 0.6 is 0 Å². The van der Waals surface area contributed by atoms with Crippen molar-refractivity contribution >= 4 is 5.71 Å². The van der Waals surface area contributed by atoms with E-state index >= 15 is 0 Å². The normalized spacial score (nSPS) is 11.8. The van der Waals surface area contributed by atoms with Crippen LogP contribution in [0.3, 0.4) is 0 Å². The molecule has 0 bridgehead atoms. The Balaban J connectivity index is -0.000000204. The summed E-state index contributed by atoms with van der Waals surface area (Å²) in [4.78, 5) is 0. The SMILES string of the molecule is C=C(C)C.CC.CC.CC(=N)C1CCCCC1.CCC.CCCc1ccc(CCC)c(CC)c1C. The number of rotatable bonds is 6. The van der Waals surface area contributed by atoms with E-state index in [0.29, 0.717) is 5.92 Å². The molecule has 1 aliphatic carbocycles. The van der Waals surface area contributed by atoms with Crippen LogP contribution in [-0.2, 0) is 19.3 Å². The lowest BCUT2D eigenvalue weighted by molar-refractivity contribution is 0.437. The van der Waals surface area contributed by atoms with Gasteiger partial charge in [0, 0.05) is 5.71 Å². The lowest BCUT2D eigenvalue weighted by Gasteiger charge is -2.19. The first-order chi connectivity index (χ1) is 16.7. The molecule has 1 heteroatoms. The Kier molecular flexibility index (Phi) is 35.7. The van der Waals surface area contributed by atoms with Gasteiger partial charge in [-0.05, 0) is 88.0 Å². The van der Waals surface area contributed by atoms with E-state index in [4.69, 9.17) is 5.41 Å². The van der Waals surface area contributed by atoms with Gasteiger partial charge in [0.05, 0.1) is 0 Å². The first-order valence-corrected chi connectivity index (χ1v) is 15.0. The molecule has 0 aromatic heterocycles. The molecule has 1 N–H and O–H groups in total. The Morgan fingerprint density at radius 3 is 1.49 bits per heavy atom. The zero-order valence-electron chi connectivity index (χ0n) is 26.7. The minimum atomic E-state index is 0.638. The molecule has 0 spiro atoms. The second-order valence-corrected chi connectivity index (χ2v) is 9.27. The fourth-order valence-electron chi connectivity index (χ4n) is 3.93. The highest BCUT2D eigenvalue weighted by molar-refractivity contribution is 5.81. The van der Waals surface area contributed by atoms with Crippen molar-refractivity contribution in [3.63, 3.8) is 0 Å². The third-order valence-corrected chi connectivity index (χ3v) is 5.42. The fraction of sp³-hybridized carbons (Fsp3) is 0.735. The summed E-state index contributed by atoms with van der Waals surface area (Å²) in [6.45, 7) is 30.8. The predicted molar refractivity (Wildman–Crippen MR) is 168 cm³/mol. The molecule has 1 aromatic rings. The van der Waals surface area contributed by atoms with E-state index in [1.54, 1.807) is 22.3 Å². The predicted octanol–water partition coefficient (Wildman–Crippen LogP) is 12.1. The van der Waals surface area contributed by atoms with Gasteiger partial charge in [0.1, 0.15) is 0 Å². The largest absolute Gasteiger partial charge is 0.310 e. The Labute approximate surface area is 224 Å². The smallest absolute Gasteiger partial charge is 0.00891 e. The van der Waals surface area contributed by atoms with E-state index in [1.165, 1.54) is 76.2 Å². The maximum atomic E-state index is 7.39. The van der Waals surface area contributed by atoms with Crippen LogP contribution < -0.4 is 0 Å². The molecule has 1 fully saturated rings. The summed E-state index contributed by atoms with van der Waals surface area (Å²) in [5, 5.41) is 7.39. The van der Waals surface area contributed by atoms with Gasteiger partial charge in [-0.25, -0.2) is 0 Å². The topological polar surface area (TPSA) is 23.9 Å². The summed E-state index contributed by atoms with van der Waals surface area (Å²) in [6, 6.07) is 4.68. The number of hydrogen-bond donors (Lipinski definition) is 1. The molecule has 0 aliphatic heterocycles. The molecule has 1 nitrogen and oxygen atoms in total. The first kappa shape index (κ1) is 40.8. The number of hydrogen-bond acceptors (Lipinski definition) is 1. The summed E-state index contributed by atoms with van der Waals surface area (Å²) in [5.74, 6) is 0.638. The van der Waals surface area contributed by atoms with E-state index in [2.05, 4.69) is 60.3 Å². The zero-order chi connectivity index (χ0) is 28.2. The average molecular weight is 490 g/mol. The number of benzene rings is 1. The molecular weight excluding hydrogens is 422 g/mol. The van der Waals surface area contributed by atoms with Gasteiger partial charge in [-0.1, -0.05) is 119 Å². The van der Waals surface area contributed by atoms with Crippen LogP contribution in [0.4, 0.5) is 0 Å². The maximum Gasteiger partial charge on any atom is 0.00891 e. The van der Waals surface area contributed by atoms with Crippen molar-refractivity contribution in [3.8, 4) is 0 Å². The third kappa shape index (κ3) is 24.1. The third-order valence-electron chi connectivity index (χ3n) is 5.42. The van der Waals surface area contributed by atoms with Crippen molar-refractivity contribution in [2.75, 3.05) is 0 Å². The zero-order valence-corrected chi connectivity index (χ0v) is 26.7. The van der Waals surface area contributed by atoms with E-state index < -0.39 is 0 Å². The molecular formula is C34H67N. The minimum Gasteiger partial charge on any atom is -0.310 e. The Morgan fingerprint density at radius 1 is 0.800 bits per heavy atom. The van der Waals surface area contributed by atoms with E-state index in [9.17, 15) is 0 Å². The molecule has 0 saturated heterocycles. The quantitative estimate of drug-likeness (QED) is 0.303. The van der Waals surface area contributed by atoms with Gasteiger partial charge in [-0.15, -0.1) is 6.58 Å². The molecule has 0 heterocycles. The van der Waals surface area contributed by atoms with Gasteiger partial charge in [0.25, 0.3) is 0 Å². The molecule has 0 radical (unpaired) electrons. The first-order valence-electron chi connectivity index (χ1n) is 15.0. The monoisotopic (exact) mass is 490 g/mol. The van der Waals surface area contributed by atoms with Gasteiger partial charge in [-0.3, -0.25) is 0 Å². The maximum absolute atomic E-state index is 7.39. The van der Waals surface area contributed by atoms with Crippen LogP contribution in [0.1, 0.15) is 157 Å². The van der Waals surface area contributed by atoms with Crippen molar-refractivity contribution in [1.82, 2.24) is 0 Å². The highest BCUT2D eigenvalue weighted by atomic mass is 14.4. The minimum absolute atomic E-state index is 0.638. The average Bonchev–Trinajstić information content (AvgIpc) is 2.85. The van der Waals surface area contributed by atoms with Crippen LogP contribution in [-0.4, -0.2) is 5.71 Å². The van der Waals surface area contributed by atoms with Crippen molar-refractivity contribution in [1.29, 1.82) is 5.41 Å². The summed E-state index contributed by atoms with van der Waals surface area (Å²) < 4.78 is 0. The van der Waals surface area contributed by atoms with E-state index in [0.717, 1.165) is 5.71 Å². The second-order valence-electron chi connectivity index (χ2n) is 9.27. The van der Waals surface area contributed by atoms with Crippen molar-refractivity contribution in [3.05, 3.63) is 46.5 Å². The van der Waals surface area contributed by atoms with Crippen molar-refractivity contribution in [2.45, 2.75) is 161 Å². The van der Waals surface area contributed by atoms with Crippen LogP contribution in [0.2, 0.25) is 0 Å². The lowest BCUT2D eigenvalue weighted by atomic mass is 9.86. The van der Waals surface area contributed by atoms with Gasteiger partial charge in [0.2, 0.25) is 0 Å². The number of allylic oxidation sites excluding steroid dienone is 1. The van der Waals surface area contributed by atoms with E-state index in [1.807, 2.05) is 48.5 Å². The molecule has 0 atom stereocenters. The van der Waals surface area contributed by atoms with Gasteiger partial charge in [0.15, 0.2) is 0 Å². The molecule has 208 valence electrons. The molecule has 0 unspecified atom stereocenters.